The second-order valence-electron chi connectivity index (χ2n) is 4.52. The van der Waals surface area contributed by atoms with E-state index in [1.165, 1.54) is 0 Å². The predicted molar refractivity (Wildman–Crippen MR) is 75.9 cm³/mol. The Morgan fingerprint density at radius 3 is 3.05 bits per heavy atom. The first-order chi connectivity index (χ1) is 9.10. The zero-order valence-electron chi connectivity index (χ0n) is 11.0. The fourth-order valence-electron chi connectivity index (χ4n) is 1.93. The maximum Gasteiger partial charge on any atom is 0.191 e. The van der Waals surface area contributed by atoms with E-state index in [0.29, 0.717) is 34.9 Å². The molecule has 0 spiro atoms. The van der Waals surface area contributed by atoms with Crippen molar-refractivity contribution in [2.24, 2.45) is 4.99 Å². The number of ether oxygens (including phenoxy) is 1. The van der Waals surface area contributed by atoms with Gasteiger partial charge in [-0.1, -0.05) is 11.6 Å². The molecular weight excluding hydrogens is 266 g/mol. The van der Waals surface area contributed by atoms with E-state index < -0.39 is 6.10 Å². The minimum atomic E-state index is -0.714. The van der Waals surface area contributed by atoms with E-state index in [0.717, 1.165) is 6.54 Å². The predicted octanol–water partition coefficient (Wildman–Crippen LogP) is 1.32. The number of aliphatic hydroxyl groups is 1. The molecule has 2 atom stereocenters. The van der Waals surface area contributed by atoms with Crippen molar-refractivity contribution < 1.29 is 9.84 Å². The lowest BCUT2D eigenvalue weighted by Gasteiger charge is -2.16. The third-order valence-electron chi connectivity index (χ3n) is 2.92. The van der Waals surface area contributed by atoms with Crippen molar-refractivity contribution in [2.75, 3.05) is 20.2 Å². The quantitative estimate of drug-likeness (QED) is 0.780. The largest absolute Gasteiger partial charge is 0.496 e. The van der Waals surface area contributed by atoms with E-state index in [9.17, 15) is 5.11 Å². The fourth-order valence-corrected chi connectivity index (χ4v) is 2.11. The highest BCUT2D eigenvalue weighted by Gasteiger charge is 2.17. The molecule has 1 aromatic rings. The molecule has 1 aromatic carbocycles. The van der Waals surface area contributed by atoms with Gasteiger partial charge in [-0.2, -0.15) is 0 Å². The third kappa shape index (κ3) is 3.52. The van der Waals surface area contributed by atoms with Crippen LogP contribution < -0.4 is 15.4 Å². The Morgan fingerprint density at radius 2 is 2.42 bits per heavy atom. The Labute approximate surface area is 117 Å². The lowest BCUT2D eigenvalue weighted by atomic mass is 10.1. The Balaban J connectivity index is 1.99. The van der Waals surface area contributed by atoms with Crippen LogP contribution in [-0.2, 0) is 0 Å². The molecule has 0 aromatic heterocycles. The van der Waals surface area contributed by atoms with Gasteiger partial charge in [-0.25, -0.2) is 0 Å². The van der Waals surface area contributed by atoms with Gasteiger partial charge in [0.1, 0.15) is 5.75 Å². The molecule has 5 nitrogen and oxygen atoms in total. The molecule has 0 aliphatic carbocycles. The van der Waals surface area contributed by atoms with Gasteiger partial charge in [0.15, 0.2) is 5.96 Å². The summed E-state index contributed by atoms with van der Waals surface area (Å²) in [6, 6.07) is 5.52. The van der Waals surface area contributed by atoms with E-state index in [4.69, 9.17) is 16.3 Å². The first-order valence-electron chi connectivity index (χ1n) is 6.16. The monoisotopic (exact) mass is 283 g/mol. The molecular formula is C13H18ClN3O2. The highest BCUT2D eigenvalue weighted by Crippen LogP contribution is 2.27. The maximum atomic E-state index is 10.2. The van der Waals surface area contributed by atoms with Crippen molar-refractivity contribution >= 4 is 17.6 Å². The number of benzene rings is 1. The SMILES string of the molecule is COc1ccc(Cl)cc1C(O)CNC1=NCC(C)N1. The second kappa shape index (κ2) is 6.12. The molecule has 0 fully saturated rings. The van der Waals surface area contributed by atoms with Crippen LogP contribution in [0, 0.1) is 0 Å². The van der Waals surface area contributed by atoms with Crippen molar-refractivity contribution in [1.29, 1.82) is 0 Å². The van der Waals surface area contributed by atoms with Crippen molar-refractivity contribution in [3.63, 3.8) is 0 Å². The van der Waals surface area contributed by atoms with Crippen molar-refractivity contribution in [1.82, 2.24) is 10.6 Å². The van der Waals surface area contributed by atoms with E-state index in [1.807, 2.05) is 0 Å². The summed E-state index contributed by atoms with van der Waals surface area (Å²) >= 11 is 5.94. The standard InChI is InChI=1S/C13H18ClN3O2/c1-8-6-15-13(17-8)16-7-11(18)10-5-9(14)3-4-12(10)19-2/h3-5,8,11,18H,6-7H2,1-2H3,(H2,15,16,17). The van der Waals surface area contributed by atoms with E-state index in [-0.39, 0.29) is 0 Å². The Bertz CT molecular complexity index is 479. The summed E-state index contributed by atoms with van der Waals surface area (Å²) in [6.07, 6.45) is -0.714. The van der Waals surface area contributed by atoms with Crippen LogP contribution in [0.3, 0.4) is 0 Å². The van der Waals surface area contributed by atoms with Gasteiger partial charge < -0.3 is 20.5 Å². The molecule has 0 bridgehead atoms. The molecule has 0 saturated carbocycles. The van der Waals surface area contributed by atoms with Crippen LogP contribution in [0.5, 0.6) is 5.75 Å². The van der Waals surface area contributed by atoms with Crippen LogP contribution in [0.2, 0.25) is 5.02 Å². The Kier molecular flexibility index (Phi) is 4.50. The summed E-state index contributed by atoms with van der Waals surface area (Å²) in [5.41, 5.74) is 0.661. The number of guanidine groups is 1. The minimum Gasteiger partial charge on any atom is -0.496 e. The van der Waals surface area contributed by atoms with Gasteiger partial charge in [-0.3, -0.25) is 4.99 Å². The zero-order valence-corrected chi connectivity index (χ0v) is 11.7. The Hall–Kier alpha value is -1.46. The molecule has 1 aliphatic rings. The summed E-state index contributed by atoms with van der Waals surface area (Å²) < 4.78 is 5.22. The Morgan fingerprint density at radius 1 is 1.63 bits per heavy atom. The van der Waals surface area contributed by atoms with Crippen molar-refractivity contribution in [3.05, 3.63) is 28.8 Å². The van der Waals surface area contributed by atoms with E-state index in [1.54, 1.807) is 25.3 Å². The second-order valence-corrected chi connectivity index (χ2v) is 4.95. The molecule has 0 saturated heterocycles. The summed E-state index contributed by atoms with van der Waals surface area (Å²) in [7, 11) is 1.57. The highest BCUT2D eigenvalue weighted by atomic mass is 35.5. The van der Waals surface area contributed by atoms with Gasteiger partial charge in [-0.05, 0) is 25.1 Å². The number of aliphatic hydroxyl groups excluding tert-OH is 1. The molecule has 1 aliphatic heterocycles. The number of methoxy groups -OCH3 is 1. The molecule has 2 unspecified atom stereocenters. The van der Waals surface area contributed by atoms with Crippen LogP contribution in [0.1, 0.15) is 18.6 Å². The van der Waals surface area contributed by atoms with E-state index >= 15 is 0 Å². The van der Waals surface area contributed by atoms with E-state index in [2.05, 4.69) is 22.5 Å². The van der Waals surface area contributed by atoms with Crippen LogP contribution in [0.25, 0.3) is 0 Å². The first-order valence-corrected chi connectivity index (χ1v) is 6.54. The number of rotatable bonds is 4. The van der Waals surface area contributed by atoms with Gasteiger partial charge in [0.25, 0.3) is 0 Å². The van der Waals surface area contributed by atoms with Gasteiger partial charge in [0, 0.05) is 23.2 Å². The molecule has 0 radical (unpaired) electrons. The summed E-state index contributed by atoms with van der Waals surface area (Å²) in [5.74, 6) is 1.33. The summed E-state index contributed by atoms with van der Waals surface area (Å²) in [4.78, 5) is 4.27. The van der Waals surface area contributed by atoms with Gasteiger partial charge >= 0.3 is 0 Å². The van der Waals surface area contributed by atoms with Gasteiger partial charge in [0.05, 0.1) is 19.8 Å². The average Bonchev–Trinajstić information content (AvgIpc) is 2.81. The van der Waals surface area contributed by atoms with Crippen LogP contribution >= 0.6 is 11.6 Å². The molecule has 0 amide bonds. The van der Waals surface area contributed by atoms with Gasteiger partial charge in [-0.15, -0.1) is 0 Å². The third-order valence-corrected chi connectivity index (χ3v) is 3.16. The molecule has 2 rings (SSSR count). The zero-order chi connectivity index (χ0) is 13.8. The van der Waals surface area contributed by atoms with Crippen molar-refractivity contribution in [2.45, 2.75) is 19.1 Å². The average molecular weight is 284 g/mol. The maximum absolute atomic E-state index is 10.2. The minimum absolute atomic E-state index is 0.334. The summed E-state index contributed by atoms with van der Waals surface area (Å²) in [5, 5.41) is 17.0. The summed E-state index contributed by atoms with van der Waals surface area (Å²) in [6.45, 7) is 3.14. The molecule has 104 valence electrons. The van der Waals surface area contributed by atoms with Crippen LogP contribution in [-0.4, -0.2) is 37.3 Å². The normalized spacial score (nSPS) is 19.6. The number of hydrogen-bond acceptors (Lipinski definition) is 5. The lowest BCUT2D eigenvalue weighted by molar-refractivity contribution is 0.176. The molecule has 1 heterocycles. The molecule has 6 heteroatoms. The first kappa shape index (κ1) is 14.0. The fraction of sp³-hybridized carbons (Fsp3) is 0.462. The lowest BCUT2D eigenvalue weighted by Crippen LogP contribution is -2.39. The number of nitrogens with one attached hydrogen (secondary N) is 2. The van der Waals surface area contributed by atoms with Crippen LogP contribution in [0.4, 0.5) is 0 Å². The van der Waals surface area contributed by atoms with Crippen molar-refractivity contribution in [3.8, 4) is 5.75 Å². The topological polar surface area (TPSA) is 65.9 Å². The molecule has 19 heavy (non-hydrogen) atoms. The smallest absolute Gasteiger partial charge is 0.191 e. The highest BCUT2D eigenvalue weighted by molar-refractivity contribution is 6.30. The molecule has 3 N–H and O–H groups in total. The number of hydrogen-bond donors (Lipinski definition) is 3. The van der Waals surface area contributed by atoms with Gasteiger partial charge in [0.2, 0.25) is 0 Å². The number of aliphatic imine (C=N–C) groups is 1. The number of nitrogens with zero attached hydrogens (tertiary/aromatic N) is 1. The number of halogens is 1. The van der Waals surface area contributed by atoms with Crippen LogP contribution in [0.15, 0.2) is 23.2 Å².